The van der Waals surface area contributed by atoms with Gasteiger partial charge in [0.1, 0.15) is 17.0 Å². The van der Waals surface area contributed by atoms with Crippen molar-refractivity contribution in [3.05, 3.63) is 63.8 Å². The number of hydrogen-bond acceptors (Lipinski definition) is 5. The van der Waals surface area contributed by atoms with Gasteiger partial charge in [-0.3, -0.25) is 10.1 Å². The van der Waals surface area contributed by atoms with Crippen LogP contribution in [-0.4, -0.2) is 16.0 Å². The maximum Gasteiger partial charge on any atom is 0.263 e. The van der Waals surface area contributed by atoms with Crippen LogP contribution in [0.5, 0.6) is 0 Å². The van der Waals surface area contributed by atoms with E-state index in [1.807, 2.05) is 24.3 Å². The lowest BCUT2D eigenvalue weighted by Gasteiger charge is -2.04. The Balaban J connectivity index is 1.70. The first-order valence-electron chi connectivity index (χ1n) is 7.61. The highest BCUT2D eigenvalue weighted by molar-refractivity contribution is 7.22. The standard InChI is InChI=1S/C18H11Cl2N3O2S/c1-9-15(16(23-25-9)11-4-2-3-5-12(11)20)17(24)22-18-21-13-7-6-10(19)8-14(13)26-18/h2-8H,1H3,(H,21,22,24). The van der Waals surface area contributed by atoms with Gasteiger partial charge in [0.15, 0.2) is 5.13 Å². The van der Waals surface area contributed by atoms with E-state index < -0.39 is 0 Å². The number of carbonyl (C=O) groups excluding carboxylic acids is 1. The van der Waals surface area contributed by atoms with Gasteiger partial charge in [-0.2, -0.15) is 0 Å². The average Bonchev–Trinajstić information content (AvgIpc) is 3.17. The number of rotatable bonds is 3. The third-order valence-electron chi connectivity index (χ3n) is 3.79. The van der Waals surface area contributed by atoms with Crippen LogP contribution in [0, 0.1) is 6.92 Å². The van der Waals surface area contributed by atoms with Gasteiger partial charge in [-0.1, -0.05) is 57.9 Å². The minimum Gasteiger partial charge on any atom is -0.360 e. The van der Waals surface area contributed by atoms with E-state index in [-0.39, 0.29) is 5.91 Å². The summed E-state index contributed by atoms with van der Waals surface area (Å²) in [5.41, 5.74) is 2.13. The van der Waals surface area contributed by atoms with Crippen molar-refractivity contribution >= 4 is 55.8 Å². The molecule has 1 amide bonds. The van der Waals surface area contributed by atoms with Crippen LogP contribution in [-0.2, 0) is 0 Å². The first-order chi connectivity index (χ1) is 12.5. The Kier molecular flexibility index (Phi) is 4.40. The number of nitrogens with one attached hydrogen (secondary N) is 1. The van der Waals surface area contributed by atoms with E-state index in [9.17, 15) is 4.79 Å². The number of carbonyl (C=O) groups is 1. The van der Waals surface area contributed by atoms with Crippen molar-refractivity contribution in [1.82, 2.24) is 10.1 Å². The minimum atomic E-state index is -0.358. The number of fused-ring (bicyclic) bond motifs is 1. The minimum absolute atomic E-state index is 0.329. The highest BCUT2D eigenvalue weighted by Gasteiger charge is 2.23. The van der Waals surface area contributed by atoms with Crippen molar-refractivity contribution in [2.45, 2.75) is 6.92 Å². The molecule has 26 heavy (non-hydrogen) atoms. The Bertz CT molecular complexity index is 1140. The van der Waals surface area contributed by atoms with Gasteiger partial charge in [0, 0.05) is 10.6 Å². The quantitative estimate of drug-likeness (QED) is 0.467. The van der Waals surface area contributed by atoms with E-state index in [0.717, 1.165) is 10.2 Å². The van der Waals surface area contributed by atoms with Crippen LogP contribution in [0.2, 0.25) is 10.0 Å². The summed E-state index contributed by atoms with van der Waals surface area (Å²) in [6.07, 6.45) is 0. The van der Waals surface area contributed by atoms with Gasteiger partial charge < -0.3 is 4.52 Å². The zero-order chi connectivity index (χ0) is 18.3. The molecule has 4 aromatic rings. The highest BCUT2D eigenvalue weighted by Crippen LogP contribution is 2.33. The van der Waals surface area contributed by atoms with Gasteiger partial charge in [0.2, 0.25) is 0 Å². The zero-order valence-electron chi connectivity index (χ0n) is 13.4. The summed E-state index contributed by atoms with van der Waals surface area (Å²) in [5.74, 6) is 0.0467. The summed E-state index contributed by atoms with van der Waals surface area (Å²) < 4.78 is 6.12. The second kappa shape index (κ2) is 6.72. The maximum atomic E-state index is 12.8. The Morgan fingerprint density at radius 2 is 2.00 bits per heavy atom. The van der Waals surface area contributed by atoms with Gasteiger partial charge in [-0.15, -0.1) is 0 Å². The Morgan fingerprint density at radius 1 is 1.19 bits per heavy atom. The molecule has 1 N–H and O–H groups in total. The number of aryl methyl sites for hydroxylation is 1. The molecule has 8 heteroatoms. The van der Waals surface area contributed by atoms with Crippen LogP contribution in [0.15, 0.2) is 47.0 Å². The summed E-state index contributed by atoms with van der Waals surface area (Å²) >= 11 is 13.6. The van der Waals surface area contributed by atoms with E-state index in [0.29, 0.717) is 37.8 Å². The molecule has 0 unspecified atom stereocenters. The number of thiazole rings is 1. The molecule has 5 nitrogen and oxygen atoms in total. The SMILES string of the molecule is Cc1onc(-c2ccccc2Cl)c1C(=O)Nc1nc2ccc(Cl)cc2s1. The topological polar surface area (TPSA) is 68.0 Å². The number of aromatic nitrogens is 2. The second-order valence-corrected chi connectivity index (χ2v) is 7.40. The molecule has 0 atom stereocenters. The summed E-state index contributed by atoms with van der Waals surface area (Å²) in [4.78, 5) is 17.2. The lowest BCUT2D eigenvalue weighted by molar-refractivity contribution is 0.102. The largest absolute Gasteiger partial charge is 0.360 e. The van der Waals surface area contributed by atoms with Crippen molar-refractivity contribution in [2.24, 2.45) is 0 Å². The van der Waals surface area contributed by atoms with E-state index >= 15 is 0 Å². The number of nitrogens with zero attached hydrogens (tertiary/aromatic N) is 2. The molecule has 0 aliphatic carbocycles. The van der Waals surface area contributed by atoms with Crippen molar-refractivity contribution in [3.63, 3.8) is 0 Å². The van der Waals surface area contributed by atoms with Crippen LogP contribution < -0.4 is 5.32 Å². The van der Waals surface area contributed by atoms with Gasteiger partial charge in [-0.25, -0.2) is 4.98 Å². The fraction of sp³-hybridized carbons (Fsp3) is 0.0556. The number of hydrogen-bond donors (Lipinski definition) is 1. The molecule has 2 heterocycles. The Morgan fingerprint density at radius 3 is 2.81 bits per heavy atom. The van der Waals surface area contributed by atoms with Gasteiger partial charge in [-0.05, 0) is 31.2 Å². The number of halogens is 2. The molecule has 2 aromatic carbocycles. The lowest BCUT2D eigenvalue weighted by atomic mass is 10.1. The number of amides is 1. The summed E-state index contributed by atoms with van der Waals surface area (Å²) in [7, 11) is 0. The normalized spacial score (nSPS) is 11.0. The first-order valence-corrected chi connectivity index (χ1v) is 9.19. The summed E-state index contributed by atoms with van der Waals surface area (Å²) in [6.45, 7) is 1.68. The third kappa shape index (κ3) is 3.07. The van der Waals surface area contributed by atoms with Gasteiger partial charge >= 0.3 is 0 Å². The fourth-order valence-corrected chi connectivity index (χ4v) is 3.95. The molecular weight excluding hydrogens is 393 g/mol. The molecule has 0 spiro atoms. The average molecular weight is 404 g/mol. The van der Waals surface area contributed by atoms with Gasteiger partial charge in [0.25, 0.3) is 5.91 Å². The van der Waals surface area contributed by atoms with Crippen LogP contribution in [0.4, 0.5) is 5.13 Å². The zero-order valence-corrected chi connectivity index (χ0v) is 15.7. The molecule has 2 aromatic heterocycles. The molecule has 0 saturated heterocycles. The molecular formula is C18H11Cl2N3O2S. The third-order valence-corrected chi connectivity index (χ3v) is 5.29. The maximum absolute atomic E-state index is 12.8. The molecule has 0 aliphatic rings. The van der Waals surface area contributed by atoms with Gasteiger partial charge in [0.05, 0.1) is 15.2 Å². The lowest BCUT2D eigenvalue weighted by Crippen LogP contribution is -2.13. The Labute approximate surface area is 162 Å². The van der Waals surface area contributed by atoms with Crippen molar-refractivity contribution in [3.8, 4) is 11.3 Å². The molecule has 0 fully saturated rings. The molecule has 0 aliphatic heterocycles. The fourth-order valence-electron chi connectivity index (χ4n) is 2.59. The van der Waals surface area contributed by atoms with Crippen molar-refractivity contribution < 1.29 is 9.32 Å². The van der Waals surface area contributed by atoms with E-state index in [4.69, 9.17) is 27.7 Å². The molecule has 0 bridgehead atoms. The Hall–Kier alpha value is -2.41. The summed E-state index contributed by atoms with van der Waals surface area (Å²) in [5, 5.41) is 8.40. The predicted molar refractivity (Wildman–Crippen MR) is 104 cm³/mol. The smallest absolute Gasteiger partial charge is 0.263 e. The second-order valence-electron chi connectivity index (χ2n) is 5.53. The molecule has 130 valence electrons. The van der Waals surface area contributed by atoms with E-state index in [1.54, 1.807) is 25.1 Å². The summed E-state index contributed by atoms with van der Waals surface area (Å²) in [6, 6.07) is 12.5. The van der Waals surface area contributed by atoms with E-state index in [2.05, 4.69) is 15.5 Å². The predicted octanol–water partition coefficient (Wildman–Crippen LogP) is 5.82. The first kappa shape index (κ1) is 17.0. The molecule has 0 radical (unpaired) electrons. The van der Waals surface area contributed by atoms with Crippen LogP contribution >= 0.6 is 34.5 Å². The van der Waals surface area contributed by atoms with E-state index in [1.165, 1.54) is 11.3 Å². The van der Waals surface area contributed by atoms with Crippen molar-refractivity contribution in [2.75, 3.05) is 5.32 Å². The molecule has 4 rings (SSSR count). The number of benzene rings is 2. The van der Waals surface area contributed by atoms with Crippen molar-refractivity contribution in [1.29, 1.82) is 0 Å². The highest BCUT2D eigenvalue weighted by atomic mass is 35.5. The van der Waals surface area contributed by atoms with Crippen LogP contribution in [0.25, 0.3) is 21.5 Å². The van der Waals surface area contributed by atoms with Crippen LogP contribution in [0.1, 0.15) is 16.1 Å². The molecule has 0 saturated carbocycles. The van der Waals surface area contributed by atoms with Crippen LogP contribution in [0.3, 0.4) is 0 Å². The number of anilines is 1. The monoisotopic (exact) mass is 403 g/mol.